The lowest BCUT2D eigenvalue weighted by molar-refractivity contribution is 0.474. The maximum atomic E-state index is 8.95. The van der Waals surface area contributed by atoms with Crippen LogP contribution >= 0.6 is 0 Å². The van der Waals surface area contributed by atoms with E-state index in [1.807, 2.05) is 32.0 Å². The molecule has 2 aromatic rings. The molecule has 18 heavy (non-hydrogen) atoms. The number of anilines is 1. The Morgan fingerprint density at radius 2 is 2.00 bits per heavy atom. The third-order valence-corrected chi connectivity index (χ3v) is 2.66. The molecule has 0 saturated heterocycles. The quantitative estimate of drug-likeness (QED) is 0.818. The van der Waals surface area contributed by atoms with Crippen molar-refractivity contribution in [3.8, 4) is 17.6 Å². The number of benzene rings is 1. The van der Waals surface area contributed by atoms with Crippen LogP contribution in [0.1, 0.15) is 16.8 Å². The summed E-state index contributed by atoms with van der Waals surface area (Å²) in [6.45, 7) is 3.82. The molecule has 1 aromatic carbocycles. The fourth-order valence-corrected chi connectivity index (χ4v) is 1.60. The van der Waals surface area contributed by atoms with E-state index < -0.39 is 0 Å². The molecular weight excluding hydrogens is 226 g/mol. The molecule has 0 spiro atoms. The van der Waals surface area contributed by atoms with Gasteiger partial charge in [0.05, 0.1) is 0 Å². The van der Waals surface area contributed by atoms with E-state index in [0.29, 0.717) is 11.5 Å². The summed E-state index contributed by atoms with van der Waals surface area (Å²) < 4.78 is 5.73. The Morgan fingerprint density at radius 1 is 1.22 bits per heavy atom. The summed E-state index contributed by atoms with van der Waals surface area (Å²) in [5.74, 6) is 1.14. The highest BCUT2D eigenvalue weighted by molar-refractivity contribution is 5.55. The van der Waals surface area contributed by atoms with E-state index in [9.17, 15) is 0 Å². The molecule has 0 aliphatic rings. The Morgan fingerprint density at radius 3 is 2.72 bits per heavy atom. The van der Waals surface area contributed by atoms with Gasteiger partial charge in [0.2, 0.25) is 0 Å². The fourth-order valence-electron chi connectivity index (χ4n) is 1.60. The van der Waals surface area contributed by atoms with Crippen molar-refractivity contribution in [2.24, 2.45) is 0 Å². The van der Waals surface area contributed by atoms with Crippen molar-refractivity contribution in [2.45, 2.75) is 13.8 Å². The molecular formula is C14H13N3O. The lowest BCUT2D eigenvalue weighted by atomic mass is 10.1. The van der Waals surface area contributed by atoms with Crippen molar-refractivity contribution in [3.05, 3.63) is 47.3 Å². The Kier molecular flexibility index (Phi) is 3.16. The predicted molar refractivity (Wildman–Crippen MR) is 69.4 cm³/mol. The van der Waals surface area contributed by atoms with Crippen molar-refractivity contribution in [1.29, 1.82) is 5.26 Å². The zero-order valence-electron chi connectivity index (χ0n) is 10.3. The summed E-state index contributed by atoms with van der Waals surface area (Å²) >= 11 is 0. The minimum absolute atomic E-state index is 0.270. The largest absolute Gasteiger partial charge is 0.454 e. The lowest BCUT2D eigenvalue weighted by Crippen LogP contribution is -1.96. The molecule has 0 radical (unpaired) electrons. The van der Waals surface area contributed by atoms with E-state index in [-0.39, 0.29) is 5.69 Å². The van der Waals surface area contributed by atoms with Crippen molar-refractivity contribution in [3.63, 3.8) is 0 Å². The number of rotatable bonds is 2. The van der Waals surface area contributed by atoms with Crippen molar-refractivity contribution < 1.29 is 4.74 Å². The second-order valence-corrected chi connectivity index (χ2v) is 4.04. The molecule has 0 aliphatic heterocycles. The molecule has 1 aromatic heterocycles. The standard InChI is InChI=1S/C14H13N3O/c1-9-7-14(10(2)6-11(9)16)18-13-4-3-5-17-12(13)8-15/h3-7H,16H2,1-2H3. The van der Waals surface area contributed by atoms with Gasteiger partial charge in [-0.3, -0.25) is 0 Å². The maximum absolute atomic E-state index is 8.95. The van der Waals surface area contributed by atoms with Crippen molar-refractivity contribution in [2.75, 3.05) is 5.73 Å². The third-order valence-electron chi connectivity index (χ3n) is 2.66. The van der Waals surface area contributed by atoms with Crippen LogP contribution in [0.2, 0.25) is 0 Å². The molecule has 0 bridgehead atoms. The minimum atomic E-state index is 0.270. The molecule has 0 atom stereocenters. The Hall–Kier alpha value is -2.54. The monoisotopic (exact) mass is 239 g/mol. The number of aromatic nitrogens is 1. The van der Waals surface area contributed by atoms with Gasteiger partial charge in [-0.2, -0.15) is 5.26 Å². The highest BCUT2D eigenvalue weighted by Crippen LogP contribution is 2.29. The van der Waals surface area contributed by atoms with Gasteiger partial charge in [-0.1, -0.05) is 0 Å². The Balaban J connectivity index is 2.41. The molecule has 2 N–H and O–H groups in total. The molecule has 2 rings (SSSR count). The molecule has 4 heteroatoms. The average molecular weight is 239 g/mol. The van der Waals surface area contributed by atoms with E-state index >= 15 is 0 Å². The van der Waals surface area contributed by atoms with Crippen LogP contribution in [0.5, 0.6) is 11.5 Å². The number of hydrogen-bond acceptors (Lipinski definition) is 4. The van der Waals surface area contributed by atoms with Crippen LogP contribution in [-0.4, -0.2) is 4.98 Å². The third kappa shape index (κ3) is 2.25. The summed E-state index contributed by atoms with van der Waals surface area (Å²) in [6, 6.07) is 9.17. The zero-order valence-corrected chi connectivity index (χ0v) is 10.3. The normalized spacial score (nSPS) is 9.83. The Bertz CT molecular complexity index is 629. The number of aryl methyl sites for hydroxylation is 2. The average Bonchev–Trinajstić information content (AvgIpc) is 2.36. The van der Waals surface area contributed by atoms with E-state index in [1.54, 1.807) is 18.3 Å². The van der Waals surface area contributed by atoms with E-state index in [0.717, 1.165) is 16.8 Å². The first-order valence-electron chi connectivity index (χ1n) is 5.51. The second kappa shape index (κ2) is 4.76. The van der Waals surface area contributed by atoms with Gasteiger partial charge in [0.15, 0.2) is 11.4 Å². The highest BCUT2D eigenvalue weighted by Gasteiger charge is 2.08. The SMILES string of the molecule is Cc1cc(Oc2cccnc2C#N)c(C)cc1N. The van der Waals surface area contributed by atoms with Crippen LogP contribution in [-0.2, 0) is 0 Å². The number of nitrogen functional groups attached to an aromatic ring is 1. The molecule has 90 valence electrons. The highest BCUT2D eigenvalue weighted by atomic mass is 16.5. The van der Waals surface area contributed by atoms with E-state index in [4.69, 9.17) is 15.7 Å². The number of ether oxygens (including phenoxy) is 1. The van der Waals surface area contributed by atoms with E-state index in [2.05, 4.69) is 4.98 Å². The maximum Gasteiger partial charge on any atom is 0.183 e. The van der Waals surface area contributed by atoms with Gasteiger partial charge < -0.3 is 10.5 Å². The first-order valence-corrected chi connectivity index (χ1v) is 5.51. The van der Waals surface area contributed by atoms with Gasteiger partial charge in [0.25, 0.3) is 0 Å². The summed E-state index contributed by atoms with van der Waals surface area (Å²) in [5, 5.41) is 8.95. The molecule has 0 unspecified atom stereocenters. The Labute approximate surface area is 106 Å². The minimum Gasteiger partial charge on any atom is -0.454 e. The molecule has 0 saturated carbocycles. The molecule has 0 aliphatic carbocycles. The van der Waals surface area contributed by atoms with Crippen molar-refractivity contribution >= 4 is 5.69 Å². The molecule has 0 fully saturated rings. The number of hydrogen-bond donors (Lipinski definition) is 1. The number of nitrogens with two attached hydrogens (primary N) is 1. The van der Waals surface area contributed by atoms with Gasteiger partial charge in [-0.25, -0.2) is 4.98 Å². The molecule has 1 heterocycles. The van der Waals surface area contributed by atoms with Crippen LogP contribution < -0.4 is 10.5 Å². The second-order valence-electron chi connectivity index (χ2n) is 4.04. The summed E-state index contributed by atoms with van der Waals surface area (Å²) in [7, 11) is 0. The van der Waals surface area contributed by atoms with Crippen LogP contribution in [0.3, 0.4) is 0 Å². The smallest absolute Gasteiger partial charge is 0.183 e. The zero-order chi connectivity index (χ0) is 13.1. The van der Waals surface area contributed by atoms with Gasteiger partial charge in [-0.05, 0) is 49.2 Å². The van der Waals surface area contributed by atoms with Gasteiger partial charge >= 0.3 is 0 Å². The molecule has 4 nitrogen and oxygen atoms in total. The van der Waals surface area contributed by atoms with Crippen LogP contribution in [0.25, 0.3) is 0 Å². The number of nitriles is 1. The fraction of sp³-hybridized carbons (Fsp3) is 0.143. The van der Waals surface area contributed by atoms with Gasteiger partial charge in [0.1, 0.15) is 11.8 Å². The topological polar surface area (TPSA) is 71.9 Å². The first kappa shape index (κ1) is 11.9. The summed E-state index contributed by atoms with van der Waals surface area (Å²) in [4.78, 5) is 3.95. The van der Waals surface area contributed by atoms with Gasteiger partial charge in [-0.15, -0.1) is 0 Å². The van der Waals surface area contributed by atoms with Crippen molar-refractivity contribution in [1.82, 2.24) is 4.98 Å². The van der Waals surface area contributed by atoms with Crippen LogP contribution in [0.15, 0.2) is 30.5 Å². The molecule has 0 amide bonds. The lowest BCUT2D eigenvalue weighted by Gasteiger charge is -2.11. The summed E-state index contributed by atoms with van der Waals surface area (Å²) in [5.41, 5.74) is 8.68. The van der Waals surface area contributed by atoms with Gasteiger partial charge in [0, 0.05) is 11.9 Å². The summed E-state index contributed by atoms with van der Waals surface area (Å²) in [6.07, 6.45) is 1.56. The van der Waals surface area contributed by atoms with E-state index in [1.165, 1.54) is 0 Å². The number of pyridine rings is 1. The van der Waals surface area contributed by atoms with Crippen LogP contribution in [0, 0.1) is 25.2 Å². The first-order chi connectivity index (χ1) is 8.61. The van der Waals surface area contributed by atoms with Crippen LogP contribution in [0.4, 0.5) is 5.69 Å². The number of nitrogens with zero attached hydrogens (tertiary/aromatic N) is 2. The predicted octanol–water partition coefficient (Wildman–Crippen LogP) is 2.94.